The molecule has 1 aliphatic heterocycles. The molecule has 1 amide bonds. The van der Waals surface area contributed by atoms with Gasteiger partial charge in [0, 0.05) is 24.5 Å². The molecular weight excluding hydrogens is 579 g/mol. The maximum absolute atomic E-state index is 13.1. The fraction of sp³-hybridized carbons (Fsp3) is 0.517. The van der Waals surface area contributed by atoms with Crippen molar-refractivity contribution in [2.24, 2.45) is 0 Å². The first kappa shape index (κ1) is 33.7. The van der Waals surface area contributed by atoms with Gasteiger partial charge >= 0.3 is 24.1 Å². The zero-order chi connectivity index (χ0) is 31.8. The second-order valence-corrected chi connectivity index (χ2v) is 10.9. The number of nitrogens with one attached hydrogen (secondary N) is 1. The molecular formula is C29H34F3NO10. The minimum Gasteiger partial charge on any atom is -0.460 e. The Balaban J connectivity index is 1.62. The fourth-order valence-electron chi connectivity index (χ4n) is 4.24. The molecule has 1 aliphatic carbocycles. The van der Waals surface area contributed by atoms with Crippen LogP contribution in [-0.2, 0) is 38.1 Å². The summed E-state index contributed by atoms with van der Waals surface area (Å²) in [5.41, 5.74) is -0.0414. The van der Waals surface area contributed by atoms with E-state index in [1.165, 1.54) is 30.3 Å². The molecule has 2 aliphatic rings. The minimum absolute atomic E-state index is 0.0211. The Morgan fingerprint density at radius 2 is 1.91 bits per heavy atom. The first-order valence-electron chi connectivity index (χ1n) is 13.4. The highest BCUT2D eigenvalue weighted by atomic mass is 19.4. The largest absolute Gasteiger partial charge is 0.460 e. The predicted molar refractivity (Wildman–Crippen MR) is 143 cm³/mol. The number of carbonyl (C=O) groups is 4. The van der Waals surface area contributed by atoms with Gasteiger partial charge in [0.25, 0.3) is 0 Å². The molecule has 2 N–H and O–H groups in total. The van der Waals surface area contributed by atoms with E-state index in [1.54, 1.807) is 26.8 Å². The third-order valence-corrected chi connectivity index (χ3v) is 6.13. The lowest BCUT2D eigenvalue weighted by atomic mass is 9.91. The van der Waals surface area contributed by atoms with Crippen molar-refractivity contribution < 1.29 is 61.1 Å². The fourth-order valence-corrected chi connectivity index (χ4v) is 4.24. The molecule has 1 aromatic rings. The van der Waals surface area contributed by atoms with Crippen molar-refractivity contribution in [1.82, 2.24) is 5.32 Å². The number of hydrogen-bond acceptors (Lipinski definition) is 10. The molecule has 4 unspecified atom stereocenters. The summed E-state index contributed by atoms with van der Waals surface area (Å²) in [5, 5.41) is 12.4. The summed E-state index contributed by atoms with van der Waals surface area (Å²) < 4.78 is 62.8. The average Bonchev–Trinajstić information content (AvgIpc) is 3.41. The number of esters is 3. The Morgan fingerprint density at radius 3 is 2.58 bits per heavy atom. The third-order valence-electron chi connectivity index (χ3n) is 6.13. The van der Waals surface area contributed by atoms with Crippen LogP contribution in [0.25, 0.3) is 6.08 Å². The number of hydrogen-bond donors (Lipinski definition) is 2. The van der Waals surface area contributed by atoms with Gasteiger partial charge in [0.15, 0.2) is 6.61 Å². The van der Waals surface area contributed by atoms with Crippen LogP contribution < -0.4 is 5.32 Å². The van der Waals surface area contributed by atoms with Crippen LogP contribution in [0.15, 0.2) is 42.0 Å². The Hall–Kier alpha value is -3.75. The molecule has 11 nitrogen and oxygen atoms in total. The second kappa shape index (κ2) is 14.6. The molecule has 1 heterocycles. The molecule has 4 atom stereocenters. The summed E-state index contributed by atoms with van der Waals surface area (Å²) in [4.78, 5) is 49.6. The molecule has 43 heavy (non-hydrogen) atoms. The molecule has 0 spiro atoms. The van der Waals surface area contributed by atoms with Gasteiger partial charge in [-0.25, -0.2) is 9.59 Å². The molecule has 0 radical (unpaired) electrons. The van der Waals surface area contributed by atoms with Gasteiger partial charge in [0.1, 0.15) is 30.7 Å². The van der Waals surface area contributed by atoms with Crippen molar-refractivity contribution >= 4 is 29.9 Å². The van der Waals surface area contributed by atoms with Crippen LogP contribution in [0.3, 0.4) is 0 Å². The van der Waals surface area contributed by atoms with Crippen LogP contribution in [0.5, 0.6) is 0 Å². The van der Waals surface area contributed by atoms with Gasteiger partial charge in [-0.15, -0.1) is 0 Å². The summed E-state index contributed by atoms with van der Waals surface area (Å²) in [7, 11) is 0. The van der Waals surface area contributed by atoms with Crippen molar-refractivity contribution in [3.05, 3.63) is 53.1 Å². The number of halogens is 3. The van der Waals surface area contributed by atoms with Crippen molar-refractivity contribution in [3.8, 4) is 0 Å². The summed E-state index contributed by atoms with van der Waals surface area (Å²) in [6, 6.07) is 5.07. The number of benzene rings is 1. The van der Waals surface area contributed by atoms with Crippen LogP contribution in [-0.4, -0.2) is 85.1 Å². The van der Waals surface area contributed by atoms with E-state index in [0.29, 0.717) is 5.56 Å². The van der Waals surface area contributed by atoms with Crippen molar-refractivity contribution in [2.45, 2.75) is 76.2 Å². The highest BCUT2D eigenvalue weighted by Gasteiger charge is 2.42. The van der Waals surface area contributed by atoms with E-state index in [1.807, 2.05) is 0 Å². The number of fused-ring (bicyclic) bond motifs is 1. The van der Waals surface area contributed by atoms with Gasteiger partial charge < -0.3 is 34.1 Å². The SMILES string of the molecule is CC(C)(C)OC(=O)CCC(CO)NC(=O)C1=CC2OCOC2C(OC(=O)c2cccc(C=CC(=O)OCC(F)(F)F)c2)C1. The van der Waals surface area contributed by atoms with E-state index in [9.17, 15) is 37.5 Å². The van der Waals surface area contributed by atoms with Gasteiger partial charge in [-0.3, -0.25) is 9.59 Å². The second-order valence-electron chi connectivity index (χ2n) is 10.9. The Bertz CT molecular complexity index is 1240. The van der Waals surface area contributed by atoms with E-state index in [4.69, 9.17) is 18.9 Å². The molecule has 1 aromatic carbocycles. The van der Waals surface area contributed by atoms with Gasteiger partial charge in [-0.2, -0.15) is 13.2 Å². The quantitative estimate of drug-likeness (QED) is 0.217. The van der Waals surface area contributed by atoms with Crippen LogP contribution >= 0.6 is 0 Å². The molecule has 1 saturated heterocycles. The Kier molecular flexibility index (Phi) is 11.5. The monoisotopic (exact) mass is 613 g/mol. The molecule has 14 heteroatoms. The van der Waals surface area contributed by atoms with Gasteiger partial charge in [-0.05, 0) is 57.0 Å². The predicted octanol–water partition coefficient (Wildman–Crippen LogP) is 3.00. The van der Waals surface area contributed by atoms with Gasteiger partial charge in [0.2, 0.25) is 5.91 Å². The first-order chi connectivity index (χ1) is 20.1. The first-order valence-corrected chi connectivity index (χ1v) is 13.4. The maximum Gasteiger partial charge on any atom is 0.422 e. The Morgan fingerprint density at radius 1 is 1.16 bits per heavy atom. The molecule has 0 aromatic heterocycles. The molecule has 0 bridgehead atoms. The summed E-state index contributed by atoms with van der Waals surface area (Å²) in [6.45, 7) is 2.96. The van der Waals surface area contributed by atoms with Crippen LogP contribution in [0.1, 0.15) is 56.0 Å². The van der Waals surface area contributed by atoms with Crippen molar-refractivity contribution in [2.75, 3.05) is 20.0 Å². The number of rotatable bonds is 11. The average molecular weight is 614 g/mol. The van der Waals surface area contributed by atoms with E-state index in [2.05, 4.69) is 10.1 Å². The van der Waals surface area contributed by atoms with E-state index in [0.717, 1.165) is 6.08 Å². The number of aliphatic hydroxyl groups excluding tert-OH is 1. The zero-order valence-corrected chi connectivity index (χ0v) is 23.8. The van der Waals surface area contributed by atoms with E-state index >= 15 is 0 Å². The lowest BCUT2D eigenvalue weighted by molar-refractivity contribution is -0.182. The standard InChI is InChI=1S/C29H34F3NO10/c1-28(2,3)43-24(36)10-8-20(14-34)33-26(37)19-12-21-25(41-16-40-21)22(13-19)42-27(38)18-6-4-5-17(11-18)7-9-23(35)39-15-29(30,31)32/h4-7,9,11-12,20-22,25,34H,8,10,13-16H2,1-3H3,(H,33,37). The summed E-state index contributed by atoms with van der Waals surface area (Å²) >= 11 is 0. The highest BCUT2D eigenvalue weighted by molar-refractivity contribution is 5.94. The number of aliphatic hydroxyl groups is 1. The topological polar surface area (TPSA) is 147 Å². The Labute approximate surface area is 245 Å². The van der Waals surface area contributed by atoms with Crippen LogP contribution in [0.4, 0.5) is 13.2 Å². The number of carbonyl (C=O) groups excluding carboxylic acids is 4. The van der Waals surface area contributed by atoms with Crippen molar-refractivity contribution in [1.29, 1.82) is 0 Å². The molecule has 3 rings (SSSR count). The van der Waals surface area contributed by atoms with E-state index in [-0.39, 0.29) is 37.2 Å². The molecule has 236 valence electrons. The van der Waals surface area contributed by atoms with Crippen molar-refractivity contribution in [3.63, 3.8) is 0 Å². The van der Waals surface area contributed by atoms with Crippen LogP contribution in [0, 0.1) is 0 Å². The normalized spacial score (nSPS) is 21.0. The molecule has 1 fully saturated rings. The number of amides is 1. The third kappa shape index (κ3) is 11.1. The van der Waals surface area contributed by atoms with Gasteiger partial charge in [0.05, 0.1) is 18.2 Å². The minimum atomic E-state index is -4.66. The number of ether oxygens (including phenoxy) is 5. The summed E-state index contributed by atoms with van der Waals surface area (Å²) in [5.74, 6) is -2.99. The highest BCUT2D eigenvalue weighted by Crippen LogP contribution is 2.31. The maximum atomic E-state index is 13.1. The van der Waals surface area contributed by atoms with E-state index < -0.39 is 73.2 Å². The summed E-state index contributed by atoms with van der Waals surface area (Å²) in [6.07, 6.45) is -3.31. The zero-order valence-electron chi connectivity index (χ0n) is 23.8. The smallest absolute Gasteiger partial charge is 0.422 e. The number of alkyl halides is 3. The van der Waals surface area contributed by atoms with Gasteiger partial charge in [-0.1, -0.05) is 12.1 Å². The molecule has 0 saturated carbocycles. The lowest BCUT2D eigenvalue weighted by Crippen LogP contribution is -2.45. The lowest BCUT2D eigenvalue weighted by Gasteiger charge is -2.30. The van der Waals surface area contributed by atoms with Crippen LogP contribution in [0.2, 0.25) is 0 Å².